The van der Waals surface area contributed by atoms with Crippen LogP contribution >= 0.6 is 15.9 Å². The van der Waals surface area contributed by atoms with E-state index >= 15 is 0 Å². The van der Waals surface area contributed by atoms with Crippen molar-refractivity contribution < 1.29 is 0 Å². The highest BCUT2D eigenvalue weighted by molar-refractivity contribution is 9.10. The first-order valence-corrected chi connectivity index (χ1v) is 38.4. The molecule has 0 spiro atoms. The predicted octanol–water partition coefficient (Wildman–Crippen LogP) is -28.8. The zero-order valence-corrected chi connectivity index (χ0v) is 67.7. The molecule has 0 amide bonds. The van der Waals surface area contributed by atoms with Gasteiger partial charge in [-0.2, -0.15) is 0 Å². The molecule has 389 valence electrons. The summed E-state index contributed by atoms with van der Waals surface area (Å²) in [5, 5.41) is 0. The minimum absolute atomic E-state index is 0.121. The van der Waals surface area contributed by atoms with Gasteiger partial charge in [0.1, 0.15) is 0 Å². The van der Waals surface area contributed by atoms with E-state index in [4.69, 9.17) is 356 Å². The molecule has 0 atom stereocenters. The molecule has 1 aromatic carbocycles. The maximum absolute atomic E-state index is 7.54. The minimum Gasteiger partial charge on any atom is -0.256 e. The Morgan fingerprint density at radius 1 is 0.246 bits per heavy atom. The molecule has 2 aromatic heterocycles. The molecule has 0 bridgehead atoms. The molecule has 93 radical (unpaired) electrons. The zero-order chi connectivity index (χ0) is 88.6. The van der Waals surface area contributed by atoms with Gasteiger partial charge in [0.25, 0.3) is 0 Å². The average molecular weight is 1350 g/mol. The van der Waals surface area contributed by atoms with Gasteiger partial charge in [0.05, 0.1) is 11.4 Å². The van der Waals surface area contributed by atoms with Gasteiger partial charge in [-0.1, -0.05) is 45.0 Å². The molecule has 0 N–H and O–H groups in total. The van der Waals surface area contributed by atoms with Crippen molar-refractivity contribution in [2.75, 3.05) is 0 Å². The van der Waals surface area contributed by atoms with Gasteiger partial charge >= 0.3 is 0 Å². The van der Waals surface area contributed by atoms with E-state index in [1.807, 2.05) is 24.5 Å². The lowest BCUT2D eigenvalue weighted by atomic mass is 8.19. The predicted molar refractivity (Wildman–Crippen MR) is 623 cm³/mol. The average Bonchev–Trinajstić information content (AvgIpc) is 0.709. The maximum Gasteiger partial charge on any atom is 0.0843 e. The molecule has 0 aliphatic heterocycles. The molecule has 0 aliphatic carbocycles. The Balaban J connectivity index is 0.00000161. The second-order valence-corrected chi connectivity index (χ2v) is 33.0. The number of benzene rings is 1. The summed E-state index contributed by atoms with van der Waals surface area (Å²) in [6.45, 7) is 6.65. The van der Waals surface area contributed by atoms with Crippen LogP contribution in [0.25, 0.3) is 22.5 Å². The van der Waals surface area contributed by atoms with E-state index in [1.54, 1.807) is 0 Å². The molecule has 3 aromatic rings. The molecular formula is C20H19B91BrN2. The summed E-state index contributed by atoms with van der Waals surface area (Å²) >= 11 is 3.55. The highest BCUT2D eigenvalue weighted by Gasteiger charge is 2.67. The summed E-state index contributed by atoms with van der Waals surface area (Å²) in [7, 11) is 323. The summed E-state index contributed by atoms with van der Waals surface area (Å²) < 4.78 is 1.00. The maximum atomic E-state index is 7.54. The van der Waals surface area contributed by atoms with Crippen molar-refractivity contribution in [3.8, 4) is 22.5 Å². The van der Waals surface area contributed by atoms with E-state index in [1.165, 1.54) is 5.56 Å². The fourth-order valence-electron chi connectivity index (χ4n) is 18.7. The molecule has 94 heteroatoms. The smallest absolute Gasteiger partial charge is 0.0843 e. The number of rotatable bonds is 46. The van der Waals surface area contributed by atoms with Crippen LogP contribution in [0, 0.1) is 0 Å². The Morgan fingerprint density at radius 2 is 0.439 bits per heavy atom. The van der Waals surface area contributed by atoms with Gasteiger partial charge in [0, 0.05) is 672 Å². The van der Waals surface area contributed by atoms with Crippen molar-refractivity contribution >= 4 is 660 Å². The number of hydrogen-bond donors (Lipinski definition) is 0. The first-order chi connectivity index (χ1) is 52.4. The van der Waals surface area contributed by atoms with Crippen molar-refractivity contribution in [1.29, 1.82) is 0 Å². The van der Waals surface area contributed by atoms with Gasteiger partial charge in [0.15, 0.2) is 0 Å². The lowest BCUT2D eigenvalue weighted by Crippen LogP contribution is -3.00. The standard InChI is InChI=1S/C20H19BrN2.B91/c1-20(2,3)16-10-12-22-18(13-16)14-6-8-15(9-7-14)19-17(21)5-4-11-23-19;1-47-70(46)82(71(48(2)3)49(4)5)88(83(72(50(6)7)51(8)9)73(52(10)11)53(12)13)91(89(84(74(54(14)15)55(16)17)75(56(18)19)57(20)21)85(76(58(22)23)59(24)25)77(60(26)27)61(28)29)90(86(78(62(30)31)63(32)33)79(64(34)35)65(36)37)87(80(66(38)39)67(40)41)81(68(42)43)69(44)45/h4-13H,1-3H3;. The van der Waals surface area contributed by atoms with Crippen molar-refractivity contribution in [3.63, 3.8) is 0 Å². The lowest BCUT2D eigenvalue weighted by molar-refractivity contribution is 0.589. The Kier molecular flexibility index (Phi) is 52.5. The number of halogens is 1. The van der Waals surface area contributed by atoms with Crippen molar-refractivity contribution in [2.45, 2.75) is 26.2 Å². The fourth-order valence-corrected chi connectivity index (χ4v) is 19.2. The van der Waals surface area contributed by atoms with Crippen LogP contribution in [0.2, 0.25) is 0 Å². The Morgan fingerprint density at radius 3 is 0.632 bits per heavy atom. The molecule has 0 aliphatic rings. The van der Waals surface area contributed by atoms with Crippen LogP contribution in [0.5, 0.6) is 0 Å². The van der Waals surface area contributed by atoms with Gasteiger partial charge in [-0.15, -0.1) is 0 Å². The Hall–Kier alpha value is 3.91. The fraction of sp³-hybridized carbons (Fsp3) is 0.200. The molecule has 0 saturated heterocycles. The minimum atomic E-state index is -2.13. The molecule has 2 heterocycles. The molecule has 2 nitrogen and oxygen atoms in total. The van der Waals surface area contributed by atoms with Crippen LogP contribution in [-0.2, 0) is 5.41 Å². The third-order valence-electron chi connectivity index (χ3n) is 23.2. The topological polar surface area (TPSA) is 25.8 Å². The number of aromatic nitrogens is 2. The van der Waals surface area contributed by atoms with Crippen LogP contribution in [0.4, 0.5) is 0 Å². The zero-order valence-electron chi connectivity index (χ0n) is 66.1. The normalized spacial score (nSPS) is 10.1. The van der Waals surface area contributed by atoms with Crippen LogP contribution in [0.15, 0.2) is 65.4 Å². The van der Waals surface area contributed by atoms with Gasteiger partial charge in [-0.05, 0) is 51.2 Å². The molecule has 114 heavy (non-hydrogen) atoms. The van der Waals surface area contributed by atoms with Crippen LogP contribution in [0.1, 0.15) is 26.3 Å². The third kappa shape index (κ3) is 30.8. The number of nitrogens with zero attached hydrogens (tertiary/aromatic N) is 2. The molecule has 0 unspecified atom stereocenters. The van der Waals surface area contributed by atoms with Crippen molar-refractivity contribution in [1.82, 2.24) is 9.97 Å². The van der Waals surface area contributed by atoms with Crippen molar-refractivity contribution in [2.24, 2.45) is 0 Å². The van der Waals surface area contributed by atoms with E-state index in [0.717, 1.165) is 34.0 Å². The summed E-state index contributed by atoms with van der Waals surface area (Å²) in [5.41, 5.74) is 5.58. The van der Waals surface area contributed by atoms with Gasteiger partial charge in [-0.25, -0.2) is 0 Å². The van der Waals surface area contributed by atoms with Crippen LogP contribution in [0.3, 0.4) is 0 Å². The summed E-state index contributed by atoms with van der Waals surface area (Å²) in [6.07, 6.45) is -75.1. The van der Waals surface area contributed by atoms with Gasteiger partial charge in [-0.3, -0.25) is 9.97 Å². The Bertz CT molecular complexity index is 2750. The van der Waals surface area contributed by atoms with Crippen molar-refractivity contribution in [3.05, 3.63) is 71.0 Å². The van der Waals surface area contributed by atoms with E-state index < -0.39 is 281 Å². The molecule has 0 saturated carbocycles. The summed E-state index contributed by atoms with van der Waals surface area (Å²) in [6, 6.07) is 16.6. The summed E-state index contributed by atoms with van der Waals surface area (Å²) in [4.78, 5) is 8.95. The first-order valence-electron chi connectivity index (χ1n) is 37.6. The van der Waals surface area contributed by atoms with E-state index in [-0.39, 0.29) is 5.41 Å². The third-order valence-corrected chi connectivity index (χ3v) is 23.8. The Labute approximate surface area is 781 Å². The molecule has 3 rings (SSSR count). The van der Waals surface area contributed by atoms with E-state index in [0.29, 0.717) is 0 Å². The first kappa shape index (κ1) is 114. The second-order valence-electron chi connectivity index (χ2n) is 32.2. The number of pyridine rings is 2. The summed E-state index contributed by atoms with van der Waals surface area (Å²) in [5.74, 6) is 0. The lowest BCUT2D eigenvalue weighted by Gasteiger charge is -2.62. The second kappa shape index (κ2) is 52.5. The van der Waals surface area contributed by atoms with Crippen LogP contribution < -0.4 is 0 Å². The van der Waals surface area contributed by atoms with E-state index in [9.17, 15) is 0 Å². The molecule has 0 fully saturated rings. The largest absolute Gasteiger partial charge is 0.256 e. The quantitative estimate of drug-likeness (QED) is 0.0527. The molecular weight excluding hydrogens is 1330 g/mol. The SMILES string of the molecule is CC(C)(C)c1ccnc(-c2ccc(-c3ncccc3Br)cc2)c1.[B][B]B([B])B(B(B([B])[B])B([B])[B])B(B(B(B([B])[B])B([B])[B])B(B([B])[B])B([B])[B])B(B(B(B(B([B])[B])B([B])[B])B(B([B])[B])B([B])[B])B(B(B([B])[B])B([B])[B])B(B([B])[B])B([B])[B])B(B(B(B([B])[B])B([B])[B])B(B([B])[B])B([B])[B])B(B(B([B])[B])B([B])[B])B(B([B])[B])B([B])[B]. The van der Waals surface area contributed by atoms with Gasteiger partial charge < -0.3 is 0 Å². The van der Waals surface area contributed by atoms with E-state index in [2.05, 4.69) is 83.1 Å². The monoisotopic (exact) mass is 1370 g/mol. The highest BCUT2D eigenvalue weighted by atomic mass is 79.9. The highest BCUT2D eigenvalue weighted by Crippen LogP contribution is 2.33. The van der Waals surface area contributed by atoms with Crippen LogP contribution in [-0.4, -0.2) is 654 Å². The number of hydrogen-bond acceptors (Lipinski definition) is 2. The van der Waals surface area contributed by atoms with Gasteiger partial charge in [0.2, 0.25) is 0 Å².